The summed E-state index contributed by atoms with van der Waals surface area (Å²) < 4.78 is 0. The lowest BCUT2D eigenvalue weighted by Gasteiger charge is -2.31. The number of fused-ring (bicyclic) bond motifs is 2. The lowest BCUT2D eigenvalue weighted by atomic mass is 9.78. The van der Waals surface area contributed by atoms with Gasteiger partial charge in [-0.15, -0.1) is 5.10 Å². The number of nitrogens with two attached hydrogens (primary N) is 2. The second kappa shape index (κ2) is 3.95. The van der Waals surface area contributed by atoms with E-state index >= 15 is 0 Å². The number of nitrogens with zero attached hydrogens (tertiary/aromatic N) is 2. The molecule has 90 valence electrons. The summed E-state index contributed by atoms with van der Waals surface area (Å²) in [6.07, 6.45) is 12.4. The average molecular weight is 230 g/mol. The molecule has 4 heteroatoms. The minimum Gasteiger partial charge on any atom is -0.369 e. The van der Waals surface area contributed by atoms with Gasteiger partial charge in [-0.1, -0.05) is 24.3 Å². The Morgan fingerprint density at radius 2 is 2.12 bits per heavy atom. The van der Waals surface area contributed by atoms with Crippen molar-refractivity contribution in [2.45, 2.75) is 19.3 Å². The molecule has 4 nitrogen and oxygen atoms in total. The van der Waals surface area contributed by atoms with Gasteiger partial charge in [0.1, 0.15) is 0 Å². The monoisotopic (exact) mass is 230 g/mol. The van der Waals surface area contributed by atoms with Crippen molar-refractivity contribution in [1.29, 1.82) is 0 Å². The SMILES string of the molecule is NC(N)=NN1CCC2CCC3C=CC=CC3=C21. The first-order valence-corrected chi connectivity index (χ1v) is 6.21. The van der Waals surface area contributed by atoms with Gasteiger partial charge in [0, 0.05) is 24.1 Å². The molecule has 0 aromatic heterocycles. The van der Waals surface area contributed by atoms with E-state index in [-0.39, 0.29) is 5.96 Å². The van der Waals surface area contributed by atoms with Crippen molar-refractivity contribution in [3.63, 3.8) is 0 Å². The van der Waals surface area contributed by atoms with Crippen LogP contribution in [-0.4, -0.2) is 17.5 Å². The summed E-state index contributed by atoms with van der Waals surface area (Å²) in [6, 6.07) is 0. The van der Waals surface area contributed by atoms with Crippen molar-refractivity contribution in [1.82, 2.24) is 5.01 Å². The third-order valence-electron chi connectivity index (χ3n) is 3.84. The number of allylic oxidation sites excluding steroid dienone is 6. The molecule has 0 radical (unpaired) electrons. The van der Waals surface area contributed by atoms with Crippen LogP contribution >= 0.6 is 0 Å². The lowest BCUT2D eigenvalue weighted by Crippen LogP contribution is -2.29. The molecular weight excluding hydrogens is 212 g/mol. The molecule has 0 spiro atoms. The molecule has 1 heterocycles. The van der Waals surface area contributed by atoms with Crippen molar-refractivity contribution in [3.05, 3.63) is 35.6 Å². The third-order valence-corrected chi connectivity index (χ3v) is 3.84. The van der Waals surface area contributed by atoms with Crippen LogP contribution in [0.3, 0.4) is 0 Å². The van der Waals surface area contributed by atoms with Crippen LogP contribution in [0.15, 0.2) is 40.7 Å². The summed E-state index contributed by atoms with van der Waals surface area (Å²) in [6.45, 7) is 0.936. The van der Waals surface area contributed by atoms with Gasteiger partial charge < -0.3 is 11.5 Å². The largest absolute Gasteiger partial charge is 0.369 e. The molecular formula is C13H18N4. The van der Waals surface area contributed by atoms with E-state index in [1.54, 1.807) is 0 Å². The van der Waals surface area contributed by atoms with Gasteiger partial charge in [-0.05, 0) is 24.8 Å². The molecule has 1 saturated heterocycles. The van der Waals surface area contributed by atoms with Crippen molar-refractivity contribution < 1.29 is 0 Å². The van der Waals surface area contributed by atoms with Crippen LogP contribution in [0, 0.1) is 11.8 Å². The number of rotatable bonds is 1. The Labute approximate surface area is 101 Å². The zero-order valence-corrected chi connectivity index (χ0v) is 9.84. The molecule has 4 N–H and O–H groups in total. The fraction of sp³-hybridized carbons (Fsp3) is 0.462. The van der Waals surface area contributed by atoms with E-state index in [9.17, 15) is 0 Å². The van der Waals surface area contributed by atoms with Crippen molar-refractivity contribution in [2.24, 2.45) is 28.4 Å². The van der Waals surface area contributed by atoms with Gasteiger partial charge in [-0.3, -0.25) is 5.01 Å². The first-order valence-electron chi connectivity index (χ1n) is 6.21. The summed E-state index contributed by atoms with van der Waals surface area (Å²) in [5, 5.41) is 6.25. The Morgan fingerprint density at radius 3 is 2.94 bits per heavy atom. The van der Waals surface area contributed by atoms with E-state index in [0.29, 0.717) is 11.8 Å². The first-order chi connectivity index (χ1) is 8.25. The Kier molecular flexibility index (Phi) is 2.42. The molecule has 1 aliphatic heterocycles. The van der Waals surface area contributed by atoms with Gasteiger partial charge in [0.25, 0.3) is 0 Å². The van der Waals surface area contributed by atoms with Gasteiger partial charge in [0.05, 0.1) is 0 Å². The minimum atomic E-state index is 0.149. The summed E-state index contributed by atoms with van der Waals surface area (Å²) in [5.74, 6) is 1.35. The molecule has 0 aromatic carbocycles. The Morgan fingerprint density at radius 1 is 1.24 bits per heavy atom. The first kappa shape index (κ1) is 10.4. The highest BCUT2D eigenvalue weighted by Gasteiger charge is 2.36. The molecule has 3 rings (SSSR count). The summed E-state index contributed by atoms with van der Waals surface area (Å²) in [4.78, 5) is 0. The zero-order valence-electron chi connectivity index (χ0n) is 9.84. The maximum Gasteiger partial charge on any atom is 0.209 e. The Balaban J connectivity index is 2.02. The number of hydrogen-bond acceptors (Lipinski definition) is 2. The fourth-order valence-corrected chi connectivity index (χ4v) is 3.15. The molecule has 1 fully saturated rings. The quantitative estimate of drug-likeness (QED) is 0.527. The van der Waals surface area contributed by atoms with Crippen LogP contribution in [-0.2, 0) is 0 Å². The molecule has 3 aliphatic rings. The minimum absolute atomic E-state index is 0.149. The number of hydrogen-bond donors (Lipinski definition) is 2. The maximum absolute atomic E-state index is 5.49. The predicted molar refractivity (Wildman–Crippen MR) is 68.7 cm³/mol. The molecule has 2 unspecified atom stereocenters. The van der Waals surface area contributed by atoms with E-state index in [1.165, 1.54) is 30.5 Å². The van der Waals surface area contributed by atoms with Crippen LogP contribution in [0.2, 0.25) is 0 Å². The van der Waals surface area contributed by atoms with Gasteiger partial charge in [-0.2, -0.15) is 0 Å². The molecule has 17 heavy (non-hydrogen) atoms. The molecule has 0 saturated carbocycles. The average Bonchev–Trinajstić information content (AvgIpc) is 2.72. The summed E-state index contributed by atoms with van der Waals surface area (Å²) in [5.41, 5.74) is 13.7. The van der Waals surface area contributed by atoms with Crippen LogP contribution in [0.4, 0.5) is 0 Å². The molecule has 0 bridgehead atoms. The molecule has 2 aliphatic carbocycles. The third kappa shape index (κ3) is 1.73. The Bertz CT molecular complexity index is 440. The van der Waals surface area contributed by atoms with E-state index < -0.39 is 0 Å². The molecule has 2 atom stereocenters. The van der Waals surface area contributed by atoms with E-state index in [0.717, 1.165) is 6.54 Å². The van der Waals surface area contributed by atoms with Crippen molar-refractivity contribution in [2.75, 3.05) is 6.54 Å². The maximum atomic E-state index is 5.49. The highest BCUT2D eigenvalue weighted by Crippen LogP contribution is 2.44. The predicted octanol–water partition coefficient (Wildman–Crippen LogP) is 1.29. The number of hydrazone groups is 1. The lowest BCUT2D eigenvalue weighted by molar-refractivity contribution is 0.383. The second-order valence-electron chi connectivity index (χ2n) is 4.90. The van der Waals surface area contributed by atoms with Crippen LogP contribution in [0.1, 0.15) is 19.3 Å². The normalized spacial score (nSPS) is 30.2. The van der Waals surface area contributed by atoms with Gasteiger partial charge in [0.15, 0.2) is 0 Å². The van der Waals surface area contributed by atoms with Gasteiger partial charge in [0.2, 0.25) is 5.96 Å². The van der Waals surface area contributed by atoms with Crippen LogP contribution in [0.25, 0.3) is 0 Å². The highest BCUT2D eigenvalue weighted by atomic mass is 15.5. The molecule has 0 amide bonds. The number of guanidine groups is 1. The summed E-state index contributed by atoms with van der Waals surface area (Å²) in [7, 11) is 0. The Hall–Kier alpha value is -1.71. The smallest absolute Gasteiger partial charge is 0.209 e. The van der Waals surface area contributed by atoms with Gasteiger partial charge >= 0.3 is 0 Å². The van der Waals surface area contributed by atoms with E-state index in [4.69, 9.17) is 11.5 Å². The fourth-order valence-electron chi connectivity index (χ4n) is 3.15. The van der Waals surface area contributed by atoms with Gasteiger partial charge in [-0.25, -0.2) is 0 Å². The second-order valence-corrected chi connectivity index (χ2v) is 4.90. The highest BCUT2D eigenvalue weighted by molar-refractivity contribution is 5.75. The van der Waals surface area contributed by atoms with Crippen LogP contribution in [0.5, 0.6) is 0 Å². The van der Waals surface area contributed by atoms with E-state index in [1.807, 2.05) is 5.01 Å². The molecule has 0 aromatic rings. The van der Waals surface area contributed by atoms with Crippen LogP contribution < -0.4 is 11.5 Å². The standard InChI is InChI=1S/C13H18N4/c14-13(15)16-17-8-7-10-6-5-9-3-1-2-4-11(9)12(10)17/h1-4,9-10H,5-8H2,(H4,14,15,16). The van der Waals surface area contributed by atoms with E-state index in [2.05, 4.69) is 29.4 Å². The zero-order chi connectivity index (χ0) is 11.8. The van der Waals surface area contributed by atoms with Crippen molar-refractivity contribution in [3.8, 4) is 0 Å². The van der Waals surface area contributed by atoms with Crippen molar-refractivity contribution >= 4 is 5.96 Å². The topological polar surface area (TPSA) is 67.6 Å². The summed E-state index contributed by atoms with van der Waals surface area (Å²) >= 11 is 0.